The highest BCUT2D eigenvalue weighted by Crippen LogP contribution is 2.18. The van der Waals surface area contributed by atoms with E-state index in [2.05, 4.69) is 13.8 Å². The van der Waals surface area contributed by atoms with Crippen molar-refractivity contribution in [3.63, 3.8) is 0 Å². The highest BCUT2D eigenvalue weighted by molar-refractivity contribution is 5.69. The third-order valence-corrected chi connectivity index (χ3v) is 6.08. The molecule has 0 amide bonds. The zero-order valence-electron chi connectivity index (χ0n) is 20.8. The maximum absolute atomic E-state index is 12.3. The van der Waals surface area contributed by atoms with Crippen molar-refractivity contribution in [3.8, 4) is 0 Å². The minimum Gasteiger partial charge on any atom is -0.481 e. The van der Waals surface area contributed by atoms with Crippen molar-refractivity contribution in [2.24, 2.45) is 0 Å². The Morgan fingerprint density at radius 1 is 0.581 bits per heavy atom. The minimum atomic E-state index is -0.721. The number of ether oxygens (including phenoxy) is 1. The Morgan fingerprint density at radius 3 is 1.42 bits per heavy atom. The normalized spacial score (nSPS) is 12.1. The molecular weight excluding hydrogens is 388 g/mol. The van der Waals surface area contributed by atoms with Crippen molar-refractivity contribution in [2.45, 2.75) is 161 Å². The van der Waals surface area contributed by atoms with E-state index in [4.69, 9.17) is 9.84 Å². The van der Waals surface area contributed by atoms with Crippen LogP contribution in [0.1, 0.15) is 155 Å². The number of hydrogen-bond donors (Lipinski definition) is 1. The van der Waals surface area contributed by atoms with E-state index in [9.17, 15) is 9.59 Å². The van der Waals surface area contributed by atoms with E-state index in [-0.39, 0.29) is 18.5 Å². The molecule has 31 heavy (non-hydrogen) atoms. The van der Waals surface area contributed by atoms with Gasteiger partial charge in [-0.05, 0) is 38.5 Å². The fourth-order valence-electron chi connectivity index (χ4n) is 4.06. The van der Waals surface area contributed by atoms with Gasteiger partial charge in [0.2, 0.25) is 0 Å². The van der Waals surface area contributed by atoms with Crippen LogP contribution in [-0.4, -0.2) is 23.1 Å². The molecule has 0 rings (SSSR count). The van der Waals surface area contributed by atoms with Gasteiger partial charge in [0.15, 0.2) is 0 Å². The number of rotatable bonds is 24. The molecule has 0 aromatic rings. The van der Waals surface area contributed by atoms with Crippen LogP contribution < -0.4 is 0 Å². The van der Waals surface area contributed by atoms with Gasteiger partial charge in [0.05, 0.1) is 0 Å². The molecule has 0 spiro atoms. The minimum absolute atomic E-state index is 0.0375. The molecule has 0 aliphatic heterocycles. The average molecular weight is 441 g/mol. The predicted molar refractivity (Wildman–Crippen MR) is 130 cm³/mol. The highest BCUT2D eigenvalue weighted by atomic mass is 16.5. The zero-order chi connectivity index (χ0) is 23.0. The smallest absolute Gasteiger partial charge is 0.306 e. The van der Waals surface area contributed by atoms with Crippen LogP contribution in [-0.2, 0) is 14.3 Å². The van der Waals surface area contributed by atoms with Gasteiger partial charge in [0.1, 0.15) is 6.10 Å². The number of carbonyl (C=O) groups is 2. The van der Waals surface area contributed by atoms with Gasteiger partial charge in [-0.1, -0.05) is 104 Å². The first-order chi connectivity index (χ1) is 15.1. The van der Waals surface area contributed by atoms with Gasteiger partial charge in [0, 0.05) is 12.8 Å². The molecular formula is C27H52O4. The summed E-state index contributed by atoms with van der Waals surface area (Å²) in [5.41, 5.74) is 0. The number of hydrogen-bond acceptors (Lipinski definition) is 3. The molecule has 0 saturated carbocycles. The third kappa shape index (κ3) is 23.4. The van der Waals surface area contributed by atoms with Crippen LogP contribution in [0.2, 0.25) is 0 Å². The number of esters is 1. The van der Waals surface area contributed by atoms with Crippen molar-refractivity contribution < 1.29 is 19.4 Å². The Bertz CT molecular complexity index is 408. The van der Waals surface area contributed by atoms with Crippen LogP contribution in [0.15, 0.2) is 0 Å². The second-order valence-electron chi connectivity index (χ2n) is 9.24. The fourth-order valence-corrected chi connectivity index (χ4v) is 4.06. The first-order valence-electron chi connectivity index (χ1n) is 13.5. The second kappa shape index (κ2) is 23.6. The first kappa shape index (κ1) is 29.9. The Morgan fingerprint density at radius 2 is 0.968 bits per heavy atom. The van der Waals surface area contributed by atoms with E-state index in [0.717, 1.165) is 44.9 Å². The molecule has 0 aromatic heterocycles. The lowest BCUT2D eigenvalue weighted by Crippen LogP contribution is -2.18. The quantitative estimate of drug-likeness (QED) is 0.120. The van der Waals surface area contributed by atoms with Gasteiger partial charge in [-0.2, -0.15) is 0 Å². The van der Waals surface area contributed by atoms with Crippen LogP contribution in [0.25, 0.3) is 0 Å². The molecule has 0 aromatic carbocycles. The standard InChI is InChI=1S/C27H52O4/c1-3-5-7-9-11-14-18-22-25(21-17-13-10-8-6-4-2)31-27(30)24-20-16-12-15-19-23-26(28)29/h25H,3-24H2,1-2H3,(H,28,29). The highest BCUT2D eigenvalue weighted by Gasteiger charge is 2.14. The molecule has 0 bridgehead atoms. The summed E-state index contributed by atoms with van der Waals surface area (Å²) in [6.07, 6.45) is 24.1. The summed E-state index contributed by atoms with van der Waals surface area (Å²) in [7, 11) is 0. The van der Waals surface area contributed by atoms with Crippen LogP contribution in [0.4, 0.5) is 0 Å². The van der Waals surface area contributed by atoms with Gasteiger partial charge in [-0.15, -0.1) is 0 Å². The molecule has 4 heteroatoms. The van der Waals surface area contributed by atoms with Gasteiger partial charge >= 0.3 is 11.9 Å². The molecule has 1 N–H and O–H groups in total. The summed E-state index contributed by atoms with van der Waals surface area (Å²) >= 11 is 0. The largest absolute Gasteiger partial charge is 0.481 e. The molecule has 0 fully saturated rings. The zero-order valence-corrected chi connectivity index (χ0v) is 20.8. The van der Waals surface area contributed by atoms with E-state index in [1.807, 2.05) is 0 Å². The van der Waals surface area contributed by atoms with E-state index in [1.165, 1.54) is 83.5 Å². The summed E-state index contributed by atoms with van der Waals surface area (Å²) in [6, 6.07) is 0. The number of aliphatic carboxylic acids is 1. The Labute approximate surface area is 192 Å². The number of carboxylic acid groups (broad SMARTS) is 1. The Balaban J connectivity index is 4.01. The fraction of sp³-hybridized carbons (Fsp3) is 0.926. The topological polar surface area (TPSA) is 63.6 Å². The Hall–Kier alpha value is -1.06. The van der Waals surface area contributed by atoms with Crippen LogP contribution in [0.5, 0.6) is 0 Å². The third-order valence-electron chi connectivity index (χ3n) is 6.08. The number of carbonyl (C=O) groups excluding carboxylic acids is 1. The lowest BCUT2D eigenvalue weighted by molar-refractivity contribution is -0.150. The van der Waals surface area contributed by atoms with Crippen molar-refractivity contribution >= 4 is 11.9 Å². The van der Waals surface area contributed by atoms with Gasteiger partial charge < -0.3 is 9.84 Å². The Kier molecular flexibility index (Phi) is 22.8. The maximum atomic E-state index is 12.3. The monoisotopic (exact) mass is 440 g/mol. The van der Waals surface area contributed by atoms with E-state index < -0.39 is 5.97 Å². The van der Waals surface area contributed by atoms with E-state index >= 15 is 0 Å². The summed E-state index contributed by atoms with van der Waals surface area (Å²) < 4.78 is 5.87. The number of carboxylic acids is 1. The van der Waals surface area contributed by atoms with Crippen molar-refractivity contribution in [1.82, 2.24) is 0 Å². The van der Waals surface area contributed by atoms with Crippen molar-refractivity contribution in [2.75, 3.05) is 0 Å². The summed E-state index contributed by atoms with van der Waals surface area (Å²) in [5, 5.41) is 8.65. The van der Waals surface area contributed by atoms with Gasteiger partial charge in [-0.25, -0.2) is 0 Å². The first-order valence-corrected chi connectivity index (χ1v) is 13.5. The van der Waals surface area contributed by atoms with E-state index in [1.54, 1.807) is 0 Å². The SMILES string of the molecule is CCCCCCCCCC(CCCCCCCC)OC(=O)CCCCCCCC(=O)O. The van der Waals surface area contributed by atoms with Crippen molar-refractivity contribution in [3.05, 3.63) is 0 Å². The maximum Gasteiger partial charge on any atom is 0.306 e. The van der Waals surface area contributed by atoms with Crippen molar-refractivity contribution in [1.29, 1.82) is 0 Å². The van der Waals surface area contributed by atoms with Crippen LogP contribution in [0, 0.1) is 0 Å². The van der Waals surface area contributed by atoms with Gasteiger partial charge in [0.25, 0.3) is 0 Å². The van der Waals surface area contributed by atoms with Gasteiger partial charge in [-0.3, -0.25) is 9.59 Å². The summed E-state index contributed by atoms with van der Waals surface area (Å²) in [5.74, 6) is -0.759. The molecule has 184 valence electrons. The van der Waals surface area contributed by atoms with E-state index in [0.29, 0.717) is 6.42 Å². The second-order valence-corrected chi connectivity index (χ2v) is 9.24. The molecule has 0 aliphatic carbocycles. The predicted octanol–water partition coefficient (Wildman–Crippen LogP) is 8.60. The molecule has 0 saturated heterocycles. The summed E-state index contributed by atoms with van der Waals surface area (Å²) in [4.78, 5) is 22.8. The molecule has 1 unspecified atom stereocenters. The molecule has 0 radical (unpaired) electrons. The average Bonchev–Trinajstić information content (AvgIpc) is 2.74. The molecule has 1 atom stereocenters. The van der Waals surface area contributed by atoms with Crippen LogP contribution in [0.3, 0.4) is 0 Å². The van der Waals surface area contributed by atoms with Crippen LogP contribution >= 0.6 is 0 Å². The lowest BCUT2D eigenvalue weighted by Gasteiger charge is -2.18. The number of unbranched alkanes of at least 4 members (excludes halogenated alkanes) is 15. The molecule has 4 nitrogen and oxygen atoms in total. The molecule has 0 aliphatic rings. The lowest BCUT2D eigenvalue weighted by atomic mass is 10.0. The molecule has 0 heterocycles. The summed E-state index contributed by atoms with van der Waals surface area (Å²) in [6.45, 7) is 4.49.